The van der Waals surface area contributed by atoms with E-state index in [1.54, 1.807) is 0 Å². The Morgan fingerprint density at radius 1 is 1.04 bits per heavy atom. The summed E-state index contributed by atoms with van der Waals surface area (Å²) in [5, 5.41) is 3.11. The van der Waals surface area contributed by atoms with Gasteiger partial charge in [-0.05, 0) is 67.1 Å². The molecule has 0 unspecified atom stereocenters. The number of carbonyl (C=O) groups is 1. The van der Waals surface area contributed by atoms with Crippen LogP contribution < -0.4 is 5.32 Å². The molecule has 0 saturated carbocycles. The predicted molar refractivity (Wildman–Crippen MR) is 112 cm³/mol. The van der Waals surface area contributed by atoms with Gasteiger partial charge in [-0.1, -0.05) is 50.2 Å². The smallest absolute Gasteiger partial charge is 0.223 e. The van der Waals surface area contributed by atoms with Crippen molar-refractivity contribution in [3.8, 4) is 0 Å². The van der Waals surface area contributed by atoms with Gasteiger partial charge in [0.15, 0.2) is 0 Å². The van der Waals surface area contributed by atoms with Gasteiger partial charge in [0, 0.05) is 19.0 Å². The molecule has 1 saturated heterocycles. The molecule has 1 amide bonds. The number of amides is 1. The van der Waals surface area contributed by atoms with Crippen molar-refractivity contribution in [2.45, 2.75) is 45.6 Å². The lowest BCUT2D eigenvalue weighted by atomic mass is 9.95. The van der Waals surface area contributed by atoms with Crippen LogP contribution in [0, 0.1) is 11.7 Å². The fraction of sp³-hybridized carbons (Fsp3) is 0.458. The van der Waals surface area contributed by atoms with Gasteiger partial charge in [0.05, 0.1) is 0 Å². The first-order chi connectivity index (χ1) is 13.5. The molecular weight excluding hydrogens is 351 g/mol. The minimum atomic E-state index is -0.199. The van der Waals surface area contributed by atoms with Crippen LogP contribution >= 0.6 is 0 Å². The van der Waals surface area contributed by atoms with Crippen molar-refractivity contribution >= 4 is 5.91 Å². The molecule has 1 fully saturated rings. The average molecular weight is 383 g/mol. The Bertz CT molecular complexity index is 747. The predicted octanol–water partition coefficient (Wildman–Crippen LogP) is 4.52. The molecule has 1 N–H and O–H groups in total. The van der Waals surface area contributed by atoms with Crippen molar-refractivity contribution in [2.24, 2.45) is 5.92 Å². The van der Waals surface area contributed by atoms with Crippen molar-refractivity contribution in [3.63, 3.8) is 0 Å². The third-order valence-electron chi connectivity index (χ3n) is 5.64. The summed E-state index contributed by atoms with van der Waals surface area (Å²) in [5.74, 6) is 0.630. The highest BCUT2D eigenvalue weighted by Crippen LogP contribution is 2.19. The first kappa shape index (κ1) is 20.5. The molecule has 28 heavy (non-hydrogen) atoms. The van der Waals surface area contributed by atoms with Gasteiger partial charge in [0.1, 0.15) is 5.82 Å². The Morgan fingerprint density at radius 3 is 2.25 bits per heavy atom. The Hall–Kier alpha value is -2.20. The first-order valence-electron chi connectivity index (χ1n) is 10.3. The highest BCUT2D eigenvalue weighted by molar-refractivity contribution is 5.78. The van der Waals surface area contributed by atoms with Crippen LogP contribution in [0.2, 0.25) is 0 Å². The Labute approximate surface area is 167 Å². The molecule has 3 rings (SSSR count). The van der Waals surface area contributed by atoms with Gasteiger partial charge < -0.3 is 5.32 Å². The van der Waals surface area contributed by atoms with Gasteiger partial charge in [0.25, 0.3) is 0 Å². The minimum Gasteiger partial charge on any atom is -0.356 e. The summed E-state index contributed by atoms with van der Waals surface area (Å²) < 4.78 is 13.0. The summed E-state index contributed by atoms with van der Waals surface area (Å²) in [6.45, 7) is 7.72. The second-order valence-electron chi connectivity index (χ2n) is 8.11. The molecule has 150 valence electrons. The van der Waals surface area contributed by atoms with E-state index in [0.29, 0.717) is 12.5 Å². The van der Waals surface area contributed by atoms with E-state index in [1.807, 2.05) is 12.1 Å². The zero-order valence-corrected chi connectivity index (χ0v) is 17.0. The molecule has 3 nitrogen and oxygen atoms in total. The summed E-state index contributed by atoms with van der Waals surface area (Å²) in [4.78, 5) is 14.8. The number of hydrogen-bond donors (Lipinski definition) is 1. The number of likely N-dealkylation sites (tertiary alicyclic amines) is 1. The van der Waals surface area contributed by atoms with Crippen LogP contribution in [0.5, 0.6) is 0 Å². The standard InChI is InChI=1S/C24H31FN2O/c1-18(2)21-7-3-19(4-8-21)11-14-26-24(28)22-12-15-27(16-13-22)17-20-5-9-23(25)10-6-20/h3-10,18,22H,11-17H2,1-2H3,(H,26,28). The van der Waals surface area contributed by atoms with Crippen LogP contribution in [0.15, 0.2) is 48.5 Å². The number of hydrogen-bond acceptors (Lipinski definition) is 2. The molecule has 0 aliphatic carbocycles. The van der Waals surface area contributed by atoms with Gasteiger partial charge in [0.2, 0.25) is 5.91 Å². The van der Waals surface area contributed by atoms with E-state index in [-0.39, 0.29) is 17.6 Å². The van der Waals surface area contributed by atoms with Crippen LogP contribution in [-0.2, 0) is 17.8 Å². The Kier molecular flexibility index (Phi) is 7.21. The lowest BCUT2D eigenvalue weighted by Gasteiger charge is -2.31. The van der Waals surface area contributed by atoms with Crippen molar-refractivity contribution in [3.05, 3.63) is 71.0 Å². The van der Waals surface area contributed by atoms with Gasteiger partial charge in [-0.3, -0.25) is 9.69 Å². The van der Waals surface area contributed by atoms with Crippen molar-refractivity contribution < 1.29 is 9.18 Å². The molecule has 0 bridgehead atoms. The topological polar surface area (TPSA) is 32.3 Å². The molecule has 2 aromatic rings. The van der Waals surface area contributed by atoms with Gasteiger partial charge in [-0.15, -0.1) is 0 Å². The summed E-state index contributed by atoms with van der Waals surface area (Å²) >= 11 is 0. The summed E-state index contributed by atoms with van der Waals surface area (Å²) in [5.41, 5.74) is 3.73. The number of piperidine rings is 1. The maximum Gasteiger partial charge on any atom is 0.223 e. The second kappa shape index (κ2) is 9.83. The van der Waals surface area contributed by atoms with E-state index in [2.05, 4.69) is 48.3 Å². The van der Waals surface area contributed by atoms with E-state index in [9.17, 15) is 9.18 Å². The van der Waals surface area contributed by atoms with E-state index >= 15 is 0 Å². The third kappa shape index (κ3) is 5.90. The lowest BCUT2D eigenvalue weighted by Crippen LogP contribution is -2.40. The van der Waals surface area contributed by atoms with Gasteiger partial charge in [-0.25, -0.2) is 4.39 Å². The summed E-state index contributed by atoms with van der Waals surface area (Å²) in [6, 6.07) is 15.4. The highest BCUT2D eigenvalue weighted by Gasteiger charge is 2.24. The largest absolute Gasteiger partial charge is 0.356 e. The average Bonchev–Trinajstić information content (AvgIpc) is 2.70. The van der Waals surface area contributed by atoms with Crippen molar-refractivity contribution in [1.82, 2.24) is 10.2 Å². The first-order valence-corrected chi connectivity index (χ1v) is 10.3. The monoisotopic (exact) mass is 382 g/mol. The molecule has 1 heterocycles. The Morgan fingerprint density at radius 2 is 1.64 bits per heavy atom. The zero-order valence-electron chi connectivity index (χ0n) is 17.0. The molecule has 2 aromatic carbocycles. The molecule has 1 aliphatic heterocycles. The van der Waals surface area contributed by atoms with Crippen molar-refractivity contribution in [2.75, 3.05) is 19.6 Å². The molecule has 1 aliphatic rings. The van der Waals surface area contributed by atoms with E-state index in [4.69, 9.17) is 0 Å². The fourth-order valence-corrected chi connectivity index (χ4v) is 3.74. The van der Waals surface area contributed by atoms with Gasteiger partial charge in [-0.2, -0.15) is 0 Å². The molecule has 0 aromatic heterocycles. The number of halogens is 1. The fourth-order valence-electron chi connectivity index (χ4n) is 3.74. The summed E-state index contributed by atoms with van der Waals surface area (Å²) in [7, 11) is 0. The second-order valence-corrected chi connectivity index (χ2v) is 8.11. The number of carbonyl (C=O) groups excluding carboxylic acids is 1. The highest BCUT2D eigenvalue weighted by atomic mass is 19.1. The molecule has 0 atom stereocenters. The maximum atomic E-state index is 13.0. The van der Waals surface area contributed by atoms with Crippen molar-refractivity contribution in [1.29, 1.82) is 0 Å². The third-order valence-corrected chi connectivity index (χ3v) is 5.64. The zero-order chi connectivity index (χ0) is 19.9. The number of nitrogens with zero attached hydrogens (tertiary/aromatic N) is 1. The SMILES string of the molecule is CC(C)c1ccc(CCNC(=O)C2CCN(Cc3ccc(F)cc3)CC2)cc1. The lowest BCUT2D eigenvalue weighted by molar-refractivity contribution is -0.126. The minimum absolute atomic E-state index is 0.104. The van der Waals surface area contributed by atoms with Crippen LogP contribution in [0.1, 0.15) is 49.3 Å². The van der Waals surface area contributed by atoms with E-state index in [1.165, 1.54) is 23.3 Å². The number of nitrogens with one attached hydrogen (secondary N) is 1. The number of rotatable bonds is 7. The van der Waals surface area contributed by atoms with Crippen LogP contribution in [0.25, 0.3) is 0 Å². The van der Waals surface area contributed by atoms with Crippen LogP contribution in [-0.4, -0.2) is 30.4 Å². The molecule has 0 radical (unpaired) electrons. The Balaban J connectivity index is 1.37. The quantitative estimate of drug-likeness (QED) is 0.764. The van der Waals surface area contributed by atoms with E-state index in [0.717, 1.165) is 44.5 Å². The van der Waals surface area contributed by atoms with Crippen LogP contribution in [0.3, 0.4) is 0 Å². The molecule has 0 spiro atoms. The maximum absolute atomic E-state index is 13.0. The normalized spacial score (nSPS) is 15.7. The molecule has 4 heteroatoms. The van der Waals surface area contributed by atoms with Crippen LogP contribution in [0.4, 0.5) is 4.39 Å². The van der Waals surface area contributed by atoms with E-state index < -0.39 is 0 Å². The van der Waals surface area contributed by atoms with Gasteiger partial charge >= 0.3 is 0 Å². The molecular formula is C24H31FN2O. The number of benzene rings is 2. The summed E-state index contributed by atoms with van der Waals surface area (Å²) in [6.07, 6.45) is 2.64.